The van der Waals surface area contributed by atoms with E-state index in [1.165, 1.54) is 22.9 Å². The van der Waals surface area contributed by atoms with Crippen LogP contribution >= 0.6 is 11.6 Å². The Morgan fingerprint density at radius 1 is 1.38 bits per heavy atom. The van der Waals surface area contributed by atoms with Gasteiger partial charge >= 0.3 is 0 Å². The second-order valence-electron chi connectivity index (χ2n) is 5.04. The molecule has 0 aliphatic heterocycles. The van der Waals surface area contributed by atoms with Gasteiger partial charge in [0.2, 0.25) is 0 Å². The molecule has 7 nitrogen and oxygen atoms in total. The van der Waals surface area contributed by atoms with Crippen molar-refractivity contribution in [2.45, 2.75) is 31.7 Å². The number of nitrogens with one attached hydrogen (secondary N) is 1. The standard InChI is InChI=1S/C15H15ClN4O3S/c1-10-14(11(2)20(18-10)9-5-8-17)15(21)19-24(22,23)13-7-4-3-6-12(13)16/h3-4,6-7H,5,9H2,1-2H3,(H,19,21). The van der Waals surface area contributed by atoms with Crippen molar-refractivity contribution in [1.29, 1.82) is 5.26 Å². The number of aryl methyl sites for hydroxylation is 2. The Morgan fingerprint density at radius 3 is 2.67 bits per heavy atom. The molecule has 2 rings (SSSR count). The molecule has 0 atom stereocenters. The smallest absolute Gasteiger partial charge is 0.268 e. The number of sulfonamides is 1. The van der Waals surface area contributed by atoms with E-state index in [2.05, 4.69) is 5.10 Å². The fourth-order valence-electron chi connectivity index (χ4n) is 2.29. The first kappa shape index (κ1) is 18.0. The summed E-state index contributed by atoms with van der Waals surface area (Å²) in [6, 6.07) is 7.85. The third-order valence-electron chi connectivity index (χ3n) is 3.40. The maximum Gasteiger partial charge on any atom is 0.268 e. The van der Waals surface area contributed by atoms with Gasteiger partial charge in [-0.15, -0.1) is 0 Å². The number of aromatic nitrogens is 2. The van der Waals surface area contributed by atoms with Crippen LogP contribution < -0.4 is 4.72 Å². The van der Waals surface area contributed by atoms with Gasteiger partial charge in [-0.25, -0.2) is 13.1 Å². The maximum absolute atomic E-state index is 12.4. The molecular weight excluding hydrogens is 352 g/mol. The number of amides is 1. The molecule has 9 heteroatoms. The van der Waals surface area contributed by atoms with Gasteiger partial charge in [-0.05, 0) is 26.0 Å². The van der Waals surface area contributed by atoms with Crippen molar-refractivity contribution in [3.8, 4) is 6.07 Å². The SMILES string of the molecule is Cc1nn(CCC#N)c(C)c1C(=O)NS(=O)(=O)c1ccccc1Cl. The zero-order chi connectivity index (χ0) is 17.9. The van der Waals surface area contributed by atoms with E-state index in [0.717, 1.165) is 0 Å². The number of hydrogen-bond donors (Lipinski definition) is 1. The van der Waals surface area contributed by atoms with Crippen LogP contribution in [0.25, 0.3) is 0 Å². The second kappa shape index (κ2) is 7.03. The molecule has 0 aliphatic rings. The fourth-order valence-corrected chi connectivity index (χ4v) is 3.77. The van der Waals surface area contributed by atoms with E-state index in [-0.39, 0.29) is 21.9 Å². The van der Waals surface area contributed by atoms with Gasteiger partial charge in [-0.1, -0.05) is 23.7 Å². The van der Waals surface area contributed by atoms with Crippen molar-refractivity contribution in [2.75, 3.05) is 0 Å². The minimum absolute atomic E-state index is 0.0240. The summed E-state index contributed by atoms with van der Waals surface area (Å²) in [6.45, 7) is 3.58. The van der Waals surface area contributed by atoms with Gasteiger partial charge < -0.3 is 0 Å². The van der Waals surface area contributed by atoms with Crippen LogP contribution in [0.2, 0.25) is 5.02 Å². The predicted molar refractivity (Wildman–Crippen MR) is 88.0 cm³/mol. The van der Waals surface area contributed by atoms with Gasteiger partial charge in [-0.2, -0.15) is 10.4 Å². The average molecular weight is 367 g/mol. The quantitative estimate of drug-likeness (QED) is 0.873. The van der Waals surface area contributed by atoms with Crippen LogP contribution in [-0.4, -0.2) is 24.1 Å². The molecule has 0 bridgehead atoms. The Hall–Kier alpha value is -2.37. The van der Waals surface area contributed by atoms with Crippen LogP contribution in [0.1, 0.15) is 28.2 Å². The van der Waals surface area contributed by atoms with Gasteiger partial charge in [0, 0.05) is 5.69 Å². The van der Waals surface area contributed by atoms with Gasteiger partial charge in [0.25, 0.3) is 15.9 Å². The number of carbonyl (C=O) groups excluding carboxylic acids is 1. The number of nitrogens with zero attached hydrogens (tertiary/aromatic N) is 3. The predicted octanol–water partition coefficient (Wildman–Crippen LogP) is 2.19. The Balaban J connectivity index is 2.32. The molecule has 1 heterocycles. The largest absolute Gasteiger partial charge is 0.268 e. The second-order valence-corrected chi connectivity index (χ2v) is 7.10. The lowest BCUT2D eigenvalue weighted by Gasteiger charge is -2.08. The first-order valence-electron chi connectivity index (χ1n) is 7.00. The summed E-state index contributed by atoms with van der Waals surface area (Å²) in [5.41, 5.74) is 1.05. The van der Waals surface area contributed by atoms with Crippen molar-refractivity contribution in [2.24, 2.45) is 0 Å². The van der Waals surface area contributed by atoms with E-state index in [4.69, 9.17) is 16.9 Å². The van der Waals surface area contributed by atoms with Crippen molar-refractivity contribution >= 4 is 27.5 Å². The Morgan fingerprint density at radius 2 is 2.04 bits per heavy atom. The van der Waals surface area contributed by atoms with E-state index >= 15 is 0 Å². The Bertz CT molecular complexity index is 929. The van der Waals surface area contributed by atoms with Crippen LogP contribution in [-0.2, 0) is 16.6 Å². The van der Waals surface area contributed by atoms with E-state index in [1.54, 1.807) is 19.9 Å². The molecule has 24 heavy (non-hydrogen) atoms. The number of carbonyl (C=O) groups is 1. The highest BCUT2D eigenvalue weighted by molar-refractivity contribution is 7.90. The lowest BCUT2D eigenvalue weighted by Crippen LogP contribution is -2.31. The van der Waals surface area contributed by atoms with Gasteiger partial charge in [-0.3, -0.25) is 9.48 Å². The zero-order valence-corrected chi connectivity index (χ0v) is 14.6. The molecule has 0 radical (unpaired) electrons. The molecule has 1 aromatic heterocycles. The molecule has 0 spiro atoms. The van der Waals surface area contributed by atoms with Gasteiger partial charge in [0.1, 0.15) is 4.90 Å². The topological polar surface area (TPSA) is 105 Å². The molecule has 0 fully saturated rings. The first-order chi connectivity index (χ1) is 11.3. The molecule has 126 valence electrons. The highest BCUT2D eigenvalue weighted by Gasteiger charge is 2.25. The lowest BCUT2D eigenvalue weighted by atomic mass is 10.2. The molecule has 1 N–H and O–H groups in total. The maximum atomic E-state index is 12.4. The molecule has 1 amide bonds. The van der Waals surface area contributed by atoms with E-state index in [0.29, 0.717) is 17.9 Å². The van der Waals surface area contributed by atoms with Crippen LogP contribution in [0.15, 0.2) is 29.2 Å². The third kappa shape index (κ3) is 3.58. The monoisotopic (exact) mass is 366 g/mol. The third-order valence-corrected chi connectivity index (χ3v) is 5.23. The molecule has 0 unspecified atom stereocenters. The number of rotatable bonds is 5. The molecule has 0 saturated carbocycles. The normalized spacial score (nSPS) is 11.1. The van der Waals surface area contributed by atoms with E-state index in [1.807, 2.05) is 10.8 Å². The Kier molecular flexibility index (Phi) is 5.26. The van der Waals surface area contributed by atoms with Crippen LogP contribution in [0.4, 0.5) is 0 Å². The Labute approximate surface area is 144 Å². The number of nitriles is 1. The highest BCUT2D eigenvalue weighted by atomic mass is 35.5. The van der Waals surface area contributed by atoms with Crippen molar-refractivity contribution in [3.05, 3.63) is 46.2 Å². The summed E-state index contributed by atoms with van der Waals surface area (Å²) in [5, 5.41) is 12.8. The van der Waals surface area contributed by atoms with Gasteiger partial charge in [0.15, 0.2) is 0 Å². The van der Waals surface area contributed by atoms with E-state index < -0.39 is 15.9 Å². The summed E-state index contributed by atoms with van der Waals surface area (Å²) >= 11 is 5.88. The number of benzene rings is 1. The molecule has 0 saturated heterocycles. The summed E-state index contributed by atoms with van der Waals surface area (Å²) in [6.07, 6.45) is 0.237. The van der Waals surface area contributed by atoms with Gasteiger partial charge in [0.05, 0.1) is 35.3 Å². The van der Waals surface area contributed by atoms with Crippen molar-refractivity contribution in [1.82, 2.24) is 14.5 Å². The minimum atomic E-state index is -4.10. The van der Waals surface area contributed by atoms with Crippen molar-refractivity contribution in [3.63, 3.8) is 0 Å². The minimum Gasteiger partial charge on any atom is -0.268 e. The summed E-state index contributed by atoms with van der Waals surface area (Å²) in [4.78, 5) is 12.2. The summed E-state index contributed by atoms with van der Waals surface area (Å²) in [5.74, 6) is -0.784. The fraction of sp³-hybridized carbons (Fsp3) is 0.267. The molecule has 1 aromatic carbocycles. The van der Waals surface area contributed by atoms with Crippen LogP contribution in [0, 0.1) is 25.2 Å². The molecule has 0 aliphatic carbocycles. The number of halogens is 1. The average Bonchev–Trinajstić information content (AvgIpc) is 2.79. The first-order valence-corrected chi connectivity index (χ1v) is 8.86. The molecule has 2 aromatic rings. The summed E-state index contributed by atoms with van der Waals surface area (Å²) < 4.78 is 28.2. The van der Waals surface area contributed by atoms with Crippen LogP contribution in [0.5, 0.6) is 0 Å². The summed E-state index contributed by atoms with van der Waals surface area (Å²) in [7, 11) is -4.10. The highest BCUT2D eigenvalue weighted by Crippen LogP contribution is 2.21. The number of hydrogen-bond acceptors (Lipinski definition) is 5. The molecular formula is C15H15ClN4O3S. The lowest BCUT2D eigenvalue weighted by molar-refractivity contribution is 0.0980. The van der Waals surface area contributed by atoms with E-state index in [9.17, 15) is 13.2 Å². The zero-order valence-electron chi connectivity index (χ0n) is 13.1. The van der Waals surface area contributed by atoms with Crippen LogP contribution in [0.3, 0.4) is 0 Å². The van der Waals surface area contributed by atoms with Crippen molar-refractivity contribution < 1.29 is 13.2 Å².